The molecule has 2 rings (SSSR count). The smallest absolute Gasteiger partial charge is 0.417 e. The van der Waals surface area contributed by atoms with Crippen LogP contribution in [0.2, 0.25) is 0 Å². The number of nitrogens with one attached hydrogen (secondary N) is 1. The molecule has 0 fully saturated rings. The minimum absolute atomic E-state index is 0.00810. The van der Waals surface area contributed by atoms with Gasteiger partial charge in [0.2, 0.25) is 5.90 Å². The van der Waals surface area contributed by atoms with Crippen molar-refractivity contribution in [1.29, 1.82) is 0 Å². The van der Waals surface area contributed by atoms with E-state index >= 15 is 0 Å². The maximum Gasteiger partial charge on any atom is 0.417 e. The van der Waals surface area contributed by atoms with E-state index in [-0.39, 0.29) is 30.2 Å². The van der Waals surface area contributed by atoms with Gasteiger partial charge in [-0.15, -0.1) is 5.10 Å². The Balaban J connectivity index is 2.37. The van der Waals surface area contributed by atoms with Crippen LogP contribution < -0.4 is 5.43 Å². The fourth-order valence-electron chi connectivity index (χ4n) is 1.81. The first kappa shape index (κ1) is 16.0. The number of halogens is 3. The molecule has 0 aliphatic carbocycles. The highest BCUT2D eigenvalue weighted by atomic mass is 19.4. The summed E-state index contributed by atoms with van der Waals surface area (Å²) in [4.78, 5) is 10.9. The van der Waals surface area contributed by atoms with Crippen LogP contribution in [0.15, 0.2) is 29.4 Å². The van der Waals surface area contributed by atoms with E-state index in [1.165, 1.54) is 31.4 Å². The Morgan fingerprint density at radius 1 is 1.45 bits per heavy atom. The quantitative estimate of drug-likeness (QED) is 0.926. The molecule has 1 amide bonds. The highest BCUT2D eigenvalue weighted by Crippen LogP contribution is 2.33. The topological polar surface area (TPSA) is 59.9 Å². The molecule has 0 aromatic heterocycles. The maximum absolute atomic E-state index is 13.2. The Kier molecular flexibility index (Phi) is 4.81. The molecule has 1 aliphatic heterocycles. The fourth-order valence-corrected chi connectivity index (χ4v) is 1.81. The molecule has 1 aromatic carbocycles. The molecule has 0 radical (unpaired) electrons. The molecular weight excluding hydrogens is 301 g/mol. The monoisotopic (exact) mass is 314 g/mol. The number of rotatable bonds is 4. The van der Waals surface area contributed by atoms with Crippen LogP contribution in [0.25, 0.3) is 6.08 Å². The fraction of sp³-hybridized carbons (Fsp3) is 0.286. The van der Waals surface area contributed by atoms with Crippen molar-refractivity contribution in [2.75, 3.05) is 20.3 Å². The summed E-state index contributed by atoms with van der Waals surface area (Å²) in [6.45, 7) is -0.0728. The van der Waals surface area contributed by atoms with Crippen LogP contribution in [-0.2, 0) is 20.4 Å². The summed E-state index contributed by atoms with van der Waals surface area (Å²) in [5.41, 5.74) is 1.48. The third-order valence-electron chi connectivity index (χ3n) is 2.79. The minimum atomic E-state index is -4.53. The van der Waals surface area contributed by atoms with Gasteiger partial charge in [0.25, 0.3) is 5.91 Å². The van der Waals surface area contributed by atoms with Gasteiger partial charge in [-0.2, -0.15) is 13.2 Å². The number of nitrogens with zero attached hydrogens (tertiary/aromatic N) is 1. The Morgan fingerprint density at radius 3 is 2.82 bits per heavy atom. The second-order valence-electron chi connectivity index (χ2n) is 4.40. The number of carbonyl (C=O) groups excluding carboxylic acids is 1. The molecule has 0 bridgehead atoms. The highest BCUT2D eigenvalue weighted by molar-refractivity contribution is 5.98. The standard InChI is InChI=1S/C14H13F3N2O3/c1-21-6-2-3-9-4-5-10(7-11(9)14(15,16)17)13-19-18-12(20)8-22-13/h2-5,7H,6,8H2,1H3,(H,18,20)/b3-2+. The second kappa shape index (κ2) is 6.61. The van der Waals surface area contributed by atoms with Crippen molar-refractivity contribution in [3.8, 4) is 0 Å². The van der Waals surface area contributed by atoms with Gasteiger partial charge in [0.05, 0.1) is 12.2 Å². The normalized spacial score (nSPS) is 15.5. The number of hydrogen-bond donors (Lipinski definition) is 1. The number of ether oxygens (including phenoxy) is 2. The van der Waals surface area contributed by atoms with E-state index in [1.807, 2.05) is 0 Å². The van der Waals surface area contributed by atoms with Crippen molar-refractivity contribution in [3.05, 3.63) is 41.0 Å². The van der Waals surface area contributed by atoms with Crippen LogP contribution in [-0.4, -0.2) is 32.1 Å². The van der Waals surface area contributed by atoms with Crippen LogP contribution in [0, 0.1) is 0 Å². The van der Waals surface area contributed by atoms with Crippen LogP contribution in [0.4, 0.5) is 13.2 Å². The molecule has 0 spiro atoms. The number of hydrogen-bond acceptors (Lipinski definition) is 4. The summed E-state index contributed by atoms with van der Waals surface area (Å²) in [5, 5.41) is 3.60. The van der Waals surface area contributed by atoms with Crippen LogP contribution >= 0.6 is 0 Å². The van der Waals surface area contributed by atoms with Crippen LogP contribution in [0.3, 0.4) is 0 Å². The van der Waals surface area contributed by atoms with Crippen LogP contribution in [0.1, 0.15) is 16.7 Å². The molecular formula is C14H13F3N2O3. The lowest BCUT2D eigenvalue weighted by Crippen LogP contribution is -2.32. The molecule has 8 heteroatoms. The van der Waals surface area contributed by atoms with Crippen molar-refractivity contribution in [2.24, 2.45) is 5.10 Å². The van der Waals surface area contributed by atoms with Gasteiger partial charge >= 0.3 is 6.18 Å². The molecule has 118 valence electrons. The van der Waals surface area contributed by atoms with E-state index in [9.17, 15) is 18.0 Å². The predicted molar refractivity (Wildman–Crippen MR) is 73.0 cm³/mol. The third-order valence-corrected chi connectivity index (χ3v) is 2.79. The van der Waals surface area contributed by atoms with Crippen molar-refractivity contribution in [1.82, 2.24) is 5.43 Å². The van der Waals surface area contributed by atoms with Gasteiger partial charge in [0, 0.05) is 12.7 Å². The zero-order valence-electron chi connectivity index (χ0n) is 11.6. The van der Waals surface area contributed by atoms with Crippen molar-refractivity contribution in [2.45, 2.75) is 6.18 Å². The molecule has 1 N–H and O–H groups in total. The number of carbonyl (C=O) groups is 1. The lowest BCUT2D eigenvalue weighted by molar-refractivity contribution is -0.137. The van der Waals surface area contributed by atoms with Gasteiger partial charge < -0.3 is 9.47 Å². The Hall–Kier alpha value is -2.35. The number of methoxy groups -OCH3 is 1. The number of benzene rings is 1. The van der Waals surface area contributed by atoms with Gasteiger partial charge in [-0.05, 0) is 17.7 Å². The highest BCUT2D eigenvalue weighted by Gasteiger charge is 2.33. The predicted octanol–water partition coefficient (Wildman–Crippen LogP) is 2.17. The van der Waals surface area contributed by atoms with Gasteiger partial charge in [-0.3, -0.25) is 4.79 Å². The second-order valence-corrected chi connectivity index (χ2v) is 4.40. The van der Waals surface area contributed by atoms with Gasteiger partial charge in [-0.25, -0.2) is 5.43 Å². The maximum atomic E-state index is 13.2. The van der Waals surface area contributed by atoms with E-state index < -0.39 is 17.6 Å². The Morgan fingerprint density at radius 2 is 2.23 bits per heavy atom. The van der Waals surface area contributed by atoms with E-state index in [0.717, 1.165) is 6.07 Å². The number of alkyl halides is 3. The van der Waals surface area contributed by atoms with Crippen molar-refractivity contribution < 1.29 is 27.4 Å². The average Bonchev–Trinajstić information content (AvgIpc) is 2.47. The molecule has 1 aliphatic rings. The Labute approximate surface area is 124 Å². The van der Waals surface area contributed by atoms with E-state index in [0.29, 0.717) is 0 Å². The minimum Gasteiger partial charge on any atom is -0.466 e. The molecule has 0 atom stereocenters. The first-order chi connectivity index (χ1) is 10.4. The molecule has 1 aromatic rings. The summed E-state index contributed by atoms with van der Waals surface area (Å²) in [6.07, 6.45) is -1.71. The van der Waals surface area contributed by atoms with E-state index in [4.69, 9.17) is 9.47 Å². The third kappa shape index (κ3) is 3.85. The Bertz CT molecular complexity index is 624. The van der Waals surface area contributed by atoms with E-state index in [2.05, 4.69) is 10.5 Å². The molecule has 22 heavy (non-hydrogen) atoms. The van der Waals surface area contributed by atoms with Gasteiger partial charge in [0.15, 0.2) is 6.61 Å². The first-order valence-corrected chi connectivity index (χ1v) is 6.28. The van der Waals surface area contributed by atoms with Crippen molar-refractivity contribution >= 4 is 17.9 Å². The number of hydrazone groups is 1. The number of amides is 1. The molecule has 5 nitrogen and oxygen atoms in total. The zero-order chi connectivity index (χ0) is 16.2. The summed E-state index contributed by atoms with van der Waals surface area (Å²) in [5.74, 6) is -0.517. The summed E-state index contributed by atoms with van der Waals surface area (Å²) >= 11 is 0. The largest absolute Gasteiger partial charge is 0.466 e. The summed E-state index contributed by atoms with van der Waals surface area (Å²) in [6, 6.07) is 3.69. The summed E-state index contributed by atoms with van der Waals surface area (Å²) < 4.78 is 49.2. The van der Waals surface area contributed by atoms with E-state index in [1.54, 1.807) is 0 Å². The van der Waals surface area contributed by atoms with Crippen molar-refractivity contribution in [3.63, 3.8) is 0 Å². The lowest BCUT2D eigenvalue weighted by Gasteiger charge is -2.16. The van der Waals surface area contributed by atoms with Gasteiger partial charge in [0.1, 0.15) is 0 Å². The zero-order valence-corrected chi connectivity index (χ0v) is 11.6. The molecule has 0 saturated carbocycles. The SMILES string of the molecule is COC/C=C/c1ccc(C2=NNC(=O)CO2)cc1C(F)(F)F. The lowest BCUT2D eigenvalue weighted by atomic mass is 10.0. The molecule has 0 unspecified atom stereocenters. The van der Waals surface area contributed by atoms with Gasteiger partial charge in [-0.1, -0.05) is 18.2 Å². The first-order valence-electron chi connectivity index (χ1n) is 6.28. The van der Waals surface area contributed by atoms with Crippen LogP contribution in [0.5, 0.6) is 0 Å². The average molecular weight is 314 g/mol. The molecule has 1 heterocycles. The molecule has 0 saturated heterocycles. The summed E-state index contributed by atoms with van der Waals surface area (Å²) in [7, 11) is 1.45.